The van der Waals surface area contributed by atoms with Crippen LogP contribution >= 0.6 is 27.3 Å². The number of nitrogens with one attached hydrogen (secondary N) is 1. The molecule has 0 aromatic carbocycles. The van der Waals surface area contributed by atoms with Crippen molar-refractivity contribution < 1.29 is 0 Å². The molecule has 1 aliphatic heterocycles. The zero-order valence-electron chi connectivity index (χ0n) is 7.59. The molecule has 0 radical (unpaired) electrons. The van der Waals surface area contributed by atoms with Gasteiger partial charge in [-0.25, -0.2) is 0 Å². The molecule has 0 aliphatic carbocycles. The molecule has 72 valence electrons. The maximum absolute atomic E-state index is 3.55. The largest absolute Gasteiger partial charge is 0.314 e. The highest BCUT2D eigenvalue weighted by Crippen LogP contribution is 2.23. The first-order valence-corrected chi connectivity index (χ1v) is 6.12. The first kappa shape index (κ1) is 9.65. The molecular formula is C9H13BrN2S. The second kappa shape index (κ2) is 4.09. The van der Waals surface area contributed by atoms with Gasteiger partial charge in [-0.1, -0.05) is 0 Å². The summed E-state index contributed by atoms with van der Waals surface area (Å²) in [6, 6.07) is 0.729. The van der Waals surface area contributed by atoms with Crippen LogP contribution in [0.15, 0.2) is 15.2 Å². The van der Waals surface area contributed by atoms with Crippen LogP contribution in [0.25, 0.3) is 0 Å². The minimum Gasteiger partial charge on any atom is -0.314 e. The molecule has 1 aromatic heterocycles. The van der Waals surface area contributed by atoms with Crippen molar-refractivity contribution in [1.29, 1.82) is 0 Å². The lowest BCUT2D eigenvalue weighted by Gasteiger charge is -2.35. The Labute approximate surface area is 91.1 Å². The third-order valence-corrected chi connectivity index (χ3v) is 4.33. The molecule has 0 atom stereocenters. The third kappa shape index (κ3) is 2.13. The Morgan fingerprint density at radius 2 is 2.38 bits per heavy atom. The Bertz CT molecular complexity index is 283. The summed E-state index contributed by atoms with van der Waals surface area (Å²) in [6.45, 7) is 3.33. The van der Waals surface area contributed by atoms with Gasteiger partial charge >= 0.3 is 0 Å². The van der Waals surface area contributed by atoms with E-state index in [2.05, 4.69) is 44.0 Å². The highest BCUT2D eigenvalue weighted by molar-refractivity contribution is 9.10. The number of halogens is 1. The Morgan fingerprint density at radius 3 is 2.85 bits per heavy atom. The van der Waals surface area contributed by atoms with Crippen molar-refractivity contribution in [2.24, 2.45) is 0 Å². The first-order chi connectivity index (χ1) is 6.27. The molecule has 2 rings (SSSR count). The Kier molecular flexibility index (Phi) is 3.03. The van der Waals surface area contributed by atoms with Crippen molar-refractivity contribution in [1.82, 2.24) is 10.2 Å². The quantitative estimate of drug-likeness (QED) is 0.894. The van der Waals surface area contributed by atoms with Gasteiger partial charge in [-0.2, -0.15) is 11.3 Å². The maximum atomic E-state index is 3.55. The second-order valence-electron chi connectivity index (χ2n) is 3.47. The van der Waals surface area contributed by atoms with Gasteiger partial charge in [0, 0.05) is 35.5 Å². The summed E-state index contributed by atoms with van der Waals surface area (Å²) in [4.78, 5) is 2.41. The summed E-state index contributed by atoms with van der Waals surface area (Å²) in [6.07, 6.45) is 0. The Balaban J connectivity index is 1.93. The van der Waals surface area contributed by atoms with Crippen LogP contribution in [0.2, 0.25) is 0 Å². The zero-order valence-corrected chi connectivity index (χ0v) is 9.99. The molecule has 0 amide bonds. The Hall–Kier alpha value is 0.1000. The number of hydrogen-bond acceptors (Lipinski definition) is 3. The molecule has 0 bridgehead atoms. The molecule has 2 nitrogen and oxygen atoms in total. The van der Waals surface area contributed by atoms with E-state index in [9.17, 15) is 0 Å². The summed E-state index contributed by atoms with van der Waals surface area (Å²) in [5.41, 5.74) is 1.40. The van der Waals surface area contributed by atoms with Gasteiger partial charge in [-0.05, 0) is 33.9 Å². The summed E-state index contributed by atoms with van der Waals surface area (Å²) < 4.78 is 1.25. The molecule has 1 N–H and O–H groups in total. The first-order valence-electron chi connectivity index (χ1n) is 4.39. The van der Waals surface area contributed by atoms with E-state index >= 15 is 0 Å². The molecule has 0 unspecified atom stereocenters. The van der Waals surface area contributed by atoms with Gasteiger partial charge in [0.25, 0.3) is 0 Å². The minimum absolute atomic E-state index is 0.729. The lowest BCUT2D eigenvalue weighted by atomic mass is 10.1. The second-order valence-corrected chi connectivity index (χ2v) is 5.07. The van der Waals surface area contributed by atoms with Crippen molar-refractivity contribution >= 4 is 27.3 Å². The average Bonchev–Trinajstić information content (AvgIpc) is 2.32. The molecule has 2 heterocycles. The fraction of sp³-hybridized carbons (Fsp3) is 0.556. The van der Waals surface area contributed by atoms with E-state index in [0.29, 0.717) is 0 Å². The standard InChI is InChI=1S/C9H13BrN2S/c1-12(8-2-11-3-8)4-7-5-13-6-9(7)10/h5-6,8,11H,2-4H2,1H3. The van der Waals surface area contributed by atoms with Gasteiger partial charge in [0.2, 0.25) is 0 Å². The van der Waals surface area contributed by atoms with Gasteiger partial charge in [0.05, 0.1) is 0 Å². The molecular weight excluding hydrogens is 248 g/mol. The van der Waals surface area contributed by atoms with Crippen molar-refractivity contribution in [3.8, 4) is 0 Å². The van der Waals surface area contributed by atoms with Crippen LogP contribution in [-0.2, 0) is 6.54 Å². The van der Waals surface area contributed by atoms with E-state index in [0.717, 1.165) is 25.7 Å². The van der Waals surface area contributed by atoms with Crippen molar-refractivity contribution in [3.63, 3.8) is 0 Å². The van der Waals surface area contributed by atoms with E-state index in [1.54, 1.807) is 11.3 Å². The normalized spacial score (nSPS) is 17.8. The Morgan fingerprint density at radius 1 is 1.62 bits per heavy atom. The van der Waals surface area contributed by atoms with Crippen LogP contribution in [0, 0.1) is 0 Å². The average molecular weight is 261 g/mol. The van der Waals surface area contributed by atoms with Crippen molar-refractivity contribution in [3.05, 3.63) is 20.8 Å². The van der Waals surface area contributed by atoms with Gasteiger partial charge in [0.1, 0.15) is 0 Å². The summed E-state index contributed by atoms with van der Waals surface area (Å²) >= 11 is 5.31. The third-order valence-electron chi connectivity index (χ3n) is 2.49. The van der Waals surface area contributed by atoms with Crippen LogP contribution < -0.4 is 5.32 Å². The van der Waals surface area contributed by atoms with E-state index in [4.69, 9.17) is 0 Å². The number of likely N-dealkylation sites (N-methyl/N-ethyl adjacent to an activating group) is 1. The summed E-state index contributed by atoms with van der Waals surface area (Å²) in [7, 11) is 2.19. The highest BCUT2D eigenvalue weighted by atomic mass is 79.9. The fourth-order valence-electron chi connectivity index (χ4n) is 1.40. The van der Waals surface area contributed by atoms with Crippen LogP contribution in [0.1, 0.15) is 5.56 Å². The number of rotatable bonds is 3. The van der Waals surface area contributed by atoms with Crippen molar-refractivity contribution in [2.75, 3.05) is 20.1 Å². The highest BCUT2D eigenvalue weighted by Gasteiger charge is 2.21. The van der Waals surface area contributed by atoms with Gasteiger partial charge in [-0.3, -0.25) is 4.90 Å². The summed E-state index contributed by atoms with van der Waals surface area (Å²) in [5, 5.41) is 7.64. The molecule has 1 fully saturated rings. The number of thiophene rings is 1. The monoisotopic (exact) mass is 260 g/mol. The molecule has 4 heteroatoms. The van der Waals surface area contributed by atoms with Crippen LogP contribution in [0.3, 0.4) is 0 Å². The van der Waals surface area contributed by atoms with Crippen LogP contribution in [0.5, 0.6) is 0 Å². The molecule has 1 aliphatic rings. The van der Waals surface area contributed by atoms with Gasteiger partial charge < -0.3 is 5.32 Å². The number of nitrogens with zero attached hydrogens (tertiary/aromatic N) is 1. The van der Waals surface area contributed by atoms with E-state index < -0.39 is 0 Å². The molecule has 0 spiro atoms. The van der Waals surface area contributed by atoms with E-state index in [1.165, 1.54) is 10.0 Å². The van der Waals surface area contributed by atoms with Crippen LogP contribution in [0.4, 0.5) is 0 Å². The predicted octanol–water partition coefficient (Wildman–Crippen LogP) is 1.91. The fourth-order valence-corrected chi connectivity index (χ4v) is 2.82. The van der Waals surface area contributed by atoms with Crippen LogP contribution in [-0.4, -0.2) is 31.1 Å². The van der Waals surface area contributed by atoms with Gasteiger partial charge in [0.15, 0.2) is 0 Å². The molecule has 13 heavy (non-hydrogen) atoms. The lowest BCUT2D eigenvalue weighted by molar-refractivity contribution is 0.173. The number of hydrogen-bond donors (Lipinski definition) is 1. The maximum Gasteiger partial charge on any atom is 0.0345 e. The lowest BCUT2D eigenvalue weighted by Crippen LogP contribution is -2.55. The zero-order chi connectivity index (χ0) is 9.26. The van der Waals surface area contributed by atoms with Gasteiger partial charge in [-0.15, -0.1) is 0 Å². The molecule has 1 saturated heterocycles. The SMILES string of the molecule is CN(Cc1cscc1Br)C1CNC1. The van der Waals surface area contributed by atoms with Crippen molar-refractivity contribution in [2.45, 2.75) is 12.6 Å². The minimum atomic E-state index is 0.729. The summed E-state index contributed by atoms with van der Waals surface area (Å²) in [5.74, 6) is 0. The smallest absolute Gasteiger partial charge is 0.0345 e. The van der Waals surface area contributed by atoms with E-state index in [1.807, 2.05) is 0 Å². The molecule has 0 saturated carbocycles. The topological polar surface area (TPSA) is 15.3 Å². The predicted molar refractivity (Wildman–Crippen MR) is 60.1 cm³/mol. The van der Waals surface area contributed by atoms with E-state index in [-0.39, 0.29) is 0 Å². The molecule has 1 aromatic rings.